The molecule has 0 aromatic rings. The number of hydrogen-bond donors (Lipinski definition) is 2. The second-order valence-electron chi connectivity index (χ2n) is 3.68. The van der Waals surface area contributed by atoms with Crippen LogP contribution in [0.1, 0.15) is 27.2 Å². The van der Waals surface area contributed by atoms with Gasteiger partial charge in [0, 0.05) is 26.3 Å². The highest BCUT2D eigenvalue weighted by atomic mass is 16.5. The van der Waals surface area contributed by atoms with Crippen molar-refractivity contribution in [1.29, 1.82) is 0 Å². The van der Waals surface area contributed by atoms with Crippen LogP contribution in [0.25, 0.3) is 0 Å². The van der Waals surface area contributed by atoms with Gasteiger partial charge < -0.3 is 15.4 Å². The Balaban J connectivity index is 3.52. The normalized spacial score (nSPS) is 12.9. The van der Waals surface area contributed by atoms with Crippen LogP contribution in [-0.2, 0) is 9.53 Å². The lowest BCUT2D eigenvalue weighted by Crippen LogP contribution is -2.45. The Labute approximate surface area is 86.4 Å². The molecule has 0 bridgehead atoms. The lowest BCUT2D eigenvalue weighted by atomic mass is 10.2. The van der Waals surface area contributed by atoms with E-state index >= 15 is 0 Å². The topological polar surface area (TPSA) is 50.4 Å². The molecule has 0 aliphatic rings. The van der Waals surface area contributed by atoms with Gasteiger partial charge in [-0.3, -0.25) is 4.79 Å². The third-order valence-electron chi connectivity index (χ3n) is 1.80. The zero-order valence-corrected chi connectivity index (χ0v) is 9.59. The fourth-order valence-electron chi connectivity index (χ4n) is 1.16. The van der Waals surface area contributed by atoms with Gasteiger partial charge in [0.25, 0.3) is 0 Å². The van der Waals surface area contributed by atoms with E-state index in [1.54, 1.807) is 7.11 Å². The molecule has 1 amide bonds. The van der Waals surface area contributed by atoms with Crippen molar-refractivity contribution in [3.05, 3.63) is 0 Å². The largest absolute Gasteiger partial charge is 0.385 e. The average Bonchev–Trinajstić information content (AvgIpc) is 2.11. The second-order valence-corrected chi connectivity index (χ2v) is 3.68. The average molecular weight is 202 g/mol. The van der Waals surface area contributed by atoms with Gasteiger partial charge in [-0.15, -0.1) is 0 Å². The maximum atomic E-state index is 11.4. The zero-order chi connectivity index (χ0) is 11.0. The highest BCUT2D eigenvalue weighted by Gasteiger charge is 2.11. The summed E-state index contributed by atoms with van der Waals surface area (Å²) in [4.78, 5) is 11.4. The summed E-state index contributed by atoms with van der Waals surface area (Å²) in [6, 6.07) is 0.201. The van der Waals surface area contributed by atoms with E-state index in [1.807, 2.05) is 20.8 Å². The molecule has 0 saturated carbocycles. The van der Waals surface area contributed by atoms with Crippen LogP contribution in [0.4, 0.5) is 0 Å². The van der Waals surface area contributed by atoms with Gasteiger partial charge in [0.15, 0.2) is 0 Å². The lowest BCUT2D eigenvalue weighted by Gasteiger charge is -2.16. The Hall–Kier alpha value is -0.610. The van der Waals surface area contributed by atoms with Gasteiger partial charge in [-0.1, -0.05) is 13.8 Å². The number of amides is 1. The Morgan fingerprint density at radius 1 is 1.36 bits per heavy atom. The number of hydrogen-bond acceptors (Lipinski definition) is 3. The van der Waals surface area contributed by atoms with Crippen LogP contribution in [0, 0.1) is 0 Å². The highest BCUT2D eigenvalue weighted by molar-refractivity contribution is 5.81. The van der Waals surface area contributed by atoms with Crippen LogP contribution in [0.2, 0.25) is 0 Å². The minimum atomic E-state index is -0.127. The van der Waals surface area contributed by atoms with Crippen LogP contribution in [-0.4, -0.2) is 38.3 Å². The molecule has 0 heterocycles. The molecule has 14 heavy (non-hydrogen) atoms. The number of ether oxygens (including phenoxy) is 1. The summed E-state index contributed by atoms with van der Waals surface area (Å²) >= 11 is 0. The van der Waals surface area contributed by atoms with Gasteiger partial charge in [-0.2, -0.15) is 0 Å². The van der Waals surface area contributed by atoms with Gasteiger partial charge in [-0.25, -0.2) is 0 Å². The van der Waals surface area contributed by atoms with Crippen molar-refractivity contribution in [2.75, 3.05) is 20.3 Å². The highest BCUT2D eigenvalue weighted by Crippen LogP contribution is 1.87. The molecule has 0 spiro atoms. The van der Waals surface area contributed by atoms with Gasteiger partial charge in [-0.05, 0) is 13.3 Å². The second kappa shape index (κ2) is 7.76. The fraction of sp³-hybridized carbons (Fsp3) is 0.900. The van der Waals surface area contributed by atoms with E-state index in [9.17, 15) is 4.79 Å². The van der Waals surface area contributed by atoms with Crippen LogP contribution in [0.5, 0.6) is 0 Å². The number of methoxy groups -OCH3 is 1. The Morgan fingerprint density at radius 3 is 2.50 bits per heavy atom. The van der Waals surface area contributed by atoms with Crippen molar-refractivity contribution in [2.45, 2.75) is 39.3 Å². The number of carbonyl (C=O) groups excluding carboxylic acids is 1. The van der Waals surface area contributed by atoms with Crippen molar-refractivity contribution in [1.82, 2.24) is 10.6 Å². The SMILES string of the molecule is COCCCNC(=O)C(C)NC(C)C. The summed E-state index contributed by atoms with van der Waals surface area (Å²) in [6.45, 7) is 7.28. The van der Waals surface area contributed by atoms with Crippen LogP contribution >= 0.6 is 0 Å². The molecule has 0 aliphatic heterocycles. The molecule has 0 fully saturated rings. The summed E-state index contributed by atoms with van der Waals surface area (Å²) < 4.78 is 4.88. The van der Waals surface area contributed by atoms with Crippen molar-refractivity contribution in [3.8, 4) is 0 Å². The molecule has 2 N–H and O–H groups in total. The van der Waals surface area contributed by atoms with Crippen molar-refractivity contribution in [2.24, 2.45) is 0 Å². The molecular weight excluding hydrogens is 180 g/mol. The molecule has 0 radical (unpaired) electrons. The van der Waals surface area contributed by atoms with Crippen LogP contribution in [0.15, 0.2) is 0 Å². The third-order valence-corrected chi connectivity index (χ3v) is 1.80. The molecule has 1 atom stereocenters. The molecule has 0 rings (SSSR count). The molecule has 4 nitrogen and oxygen atoms in total. The first-order valence-corrected chi connectivity index (χ1v) is 5.10. The molecule has 0 saturated heterocycles. The maximum absolute atomic E-state index is 11.4. The van der Waals surface area contributed by atoms with E-state index in [0.717, 1.165) is 6.42 Å². The van der Waals surface area contributed by atoms with Gasteiger partial charge >= 0.3 is 0 Å². The summed E-state index contributed by atoms with van der Waals surface area (Å²) in [5.74, 6) is 0.0507. The first kappa shape index (κ1) is 13.4. The third kappa shape index (κ3) is 6.86. The minimum absolute atomic E-state index is 0.0507. The van der Waals surface area contributed by atoms with Crippen LogP contribution < -0.4 is 10.6 Å². The van der Waals surface area contributed by atoms with Gasteiger partial charge in [0.1, 0.15) is 0 Å². The van der Waals surface area contributed by atoms with Gasteiger partial charge in [0.2, 0.25) is 5.91 Å². The number of nitrogens with one attached hydrogen (secondary N) is 2. The predicted octanol–water partition coefficient (Wildman–Crippen LogP) is 0.526. The first-order valence-electron chi connectivity index (χ1n) is 5.10. The minimum Gasteiger partial charge on any atom is -0.385 e. The van der Waals surface area contributed by atoms with E-state index in [0.29, 0.717) is 19.2 Å². The molecule has 4 heteroatoms. The maximum Gasteiger partial charge on any atom is 0.236 e. The van der Waals surface area contributed by atoms with Crippen molar-refractivity contribution in [3.63, 3.8) is 0 Å². The molecule has 84 valence electrons. The summed E-state index contributed by atoms with van der Waals surface area (Å²) in [6.07, 6.45) is 0.858. The zero-order valence-electron chi connectivity index (χ0n) is 9.59. The number of rotatable bonds is 7. The predicted molar refractivity (Wildman–Crippen MR) is 57.2 cm³/mol. The van der Waals surface area contributed by atoms with E-state index < -0.39 is 0 Å². The van der Waals surface area contributed by atoms with Crippen molar-refractivity contribution < 1.29 is 9.53 Å². The number of carbonyl (C=O) groups is 1. The first-order chi connectivity index (χ1) is 6.57. The molecule has 1 unspecified atom stereocenters. The quantitative estimate of drug-likeness (QED) is 0.592. The van der Waals surface area contributed by atoms with E-state index in [2.05, 4.69) is 10.6 Å². The van der Waals surface area contributed by atoms with E-state index in [-0.39, 0.29) is 11.9 Å². The molecular formula is C10H22N2O2. The molecule has 0 aromatic heterocycles. The Morgan fingerprint density at radius 2 is 2.00 bits per heavy atom. The summed E-state index contributed by atoms with van der Waals surface area (Å²) in [7, 11) is 1.66. The summed E-state index contributed by atoms with van der Waals surface area (Å²) in [5, 5.41) is 5.98. The smallest absolute Gasteiger partial charge is 0.236 e. The standard InChI is InChI=1S/C10H22N2O2/c1-8(2)12-9(3)10(13)11-6-5-7-14-4/h8-9,12H,5-7H2,1-4H3,(H,11,13). The lowest BCUT2D eigenvalue weighted by molar-refractivity contribution is -0.122. The van der Waals surface area contributed by atoms with E-state index in [4.69, 9.17) is 4.74 Å². The monoisotopic (exact) mass is 202 g/mol. The van der Waals surface area contributed by atoms with Crippen LogP contribution in [0.3, 0.4) is 0 Å². The summed E-state index contributed by atoms with van der Waals surface area (Å²) in [5.41, 5.74) is 0. The molecule has 0 aromatic carbocycles. The van der Waals surface area contributed by atoms with Gasteiger partial charge in [0.05, 0.1) is 6.04 Å². The molecule has 0 aliphatic carbocycles. The Bertz CT molecular complexity index is 160. The van der Waals surface area contributed by atoms with E-state index in [1.165, 1.54) is 0 Å². The van der Waals surface area contributed by atoms with Crippen molar-refractivity contribution >= 4 is 5.91 Å². The Kier molecular flexibility index (Phi) is 7.42. The fourth-order valence-corrected chi connectivity index (χ4v) is 1.16.